The minimum atomic E-state index is 0.113. The van der Waals surface area contributed by atoms with Crippen molar-refractivity contribution in [2.75, 3.05) is 14.1 Å². The minimum Gasteiger partial charge on any atom is -0.347 e. The van der Waals surface area contributed by atoms with Crippen molar-refractivity contribution >= 4 is 24.6 Å². The van der Waals surface area contributed by atoms with Gasteiger partial charge in [-0.3, -0.25) is 0 Å². The lowest BCUT2D eigenvalue weighted by Crippen LogP contribution is -2.25. The van der Waals surface area contributed by atoms with Crippen molar-refractivity contribution in [1.29, 1.82) is 0 Å². The van der Waals surface area contributed by atoms with Gasteiger partial charge in [-0.15, -0.1) is 0 Å². The molecule has 0 aromatic carbocycles. The van der Waals surface area contributed by atoms with Crippen LogP contribution in [0.4, 0.5) is 0 Å². The molecule has 0 amide bonds. The summed E-state index contributed by atoms with van der Waals surface area (Å²) >= 11 is 0.113. The van der Waals surface area contributed by atoms with Gasteiger partial charge in [-0.1, -0.05) is 6.92 Å². The van der Waals surface area contributed by atoms with E-state index in [4.69, 9.17) is 0 Å². The average Bonchev–Trinajstić information content (AvgIpc) is 1.97. The molecule has 1 rings (SSSR count). The Morgan fingerprint density at radius 2 is 2.09 bits per heavy atom. The Hall–Kier alpha value is -0.0600. The molecule has 0 aromatic heterocycles. The maximum absolute atomic E-state index is 2.39. The van der Waals surface area contributed by atoms with E-state index in [-0.39, 0.29) is 21.0 Å². The Labute approximate surface area is 79.0 Å². The first-order chi connectivity index (χ1) is 5.15. The predicted octanol–water partition coefficient (Wildman–Crippen LogP) is 2.15. The number of halogens is 1. The Bertz CT molecular complexity index is 208. The molecular formula is C8H15IN2. The van der Waals surface area contributed by atoms with Crippen molar-refractivity contribution < 1.29 is 0 Å². The normalized spacial score (nSPS) is 18.9. The third-order valence-corrected chi connectivity index (χ3v) is 5.33. The third kappa shape index (κ3) is 1.95. The van der Waals surface area contributed by atoms with Crippen LogP contribution in [0, 0.1) is 0 Å². The molecule has 2 nitrogen and oxygen atoms in total. The Morgan fingerprint density at radius 3 is 2.64 bits per heavy atom. The van der Waals surface area contributed by atoms with E-state index in [0.717, 1.165) is 0 Å². The van der Waals surface area contributed by atoms with Crippen LogP contribution in [0.25, 0.3) is 0 Å². The fourth-order valence-electron chi connectivity index (χ4n) is 1.01. The highest BCUT2D eigenvalue weighted by Crippen LogP contribution is 2.22. The number of allylic oxidation sites excluding steroid dienone is 1. The smallest absolute Gasteiger partial charge is 0.0669 e. The monoisotopic (exact) mass is 266 g/mol. The van der Waals surface area contributed by atoms with Crippen LogP contribution in [0.1, 0.15) is 20.3 Å². The summed E-state index contributed by atoms with van der Waals surface area (Å²) in [6.45, 7) is 4.40. The molecule has 0 aliphatic carbocycles. The Kier molecular flexibility index (Phi) is 2.92. The molecule has 0 saturated heterocycles. The maximum atomic E-state index is 2.39. The van der Waals surface area contributed by atoms with E-state index in [1.807, 2.05) is 0 Å². The first-order valence-corrected chi connectivity index (χ1v) is 5.85. The maximum Gasteiger partial charge on any atom is 0.0669 e. The summed E-state index contributed by atoms with van der Waals surface area (Å²) in [5, 5.41) is 0. The Balaban J connectivity index is 2.79. The molecule has 0 N–H and O–H groups in total. The summed E-state index contributed by atoms with van der Waals surface area (Å²) in [6, 6.07) is 0. The predicted molar refractivity (Wildman–Crippen MR) is 58.6 cm³/mol. The van der Waals surface area contributed by atoms with Crippen LogP contribution < -0.4 is 0 Å². The molecule has 3 heteroatoms. The van der Waals surface area contributed by atoms with Crippen LogP contribution in [-0.2, 0) is 0 Å². The second-order valence-electron chi connectivity index (χ2n) is 2.67. The molecule has 0 saturated carbocycles. The second kappa shape index (κ2) is 3.56. The van der Waals surface area contributed by atoms with E-state index in [0.29, 0.717) is 0 Å². The van der Waals surface area contributed by atoms with E-state index >= 15 is 0 Å². The molecule has 0 radical (unpaired) electrons. The molecule has 0 spiro atoms. The van der Waals surface area contributed by atoms with Gasteiger partial charge in [0, 0.05) is 47.0 Å². The zero-order chi connectivity index (χ0) is 8.43. The third-order valence-electron chi connectivity index (χ3n) is 1.77. The van der Waals surface area contributed by atoms with E-state index in [1.165, 1.54) is 12.1 Å². The summed E-state index contributed by atoms with van der Waals surface area (Å²) in [5.74, 6) is 0. The van der Waals surface area contributed by atoms with Gasteiger partial charge in [-0.05, 0) is 13.3 Å². The summed E-state index contributed by atoms with van der Waals surface area (Å²) in [7, 11) is 4.33. The topological polar surface area (TPSA) is 6.48 Å². The van der Waals surface area contributed by atoms with Crippen LogP contribution in [0.15, 0.2) is 11.9 Å². The molecule has 1 aliphatic heterocycles. The standard InChI is InChI=1S/C8H15IN2/c1-5-8-9-11(4)7(2)6-10(8)3/h6H,5H2,1-4H3. The SMILES string of the molecule is CCC1=IN(C)C(C)=CN1C. The molecular weight excluding hydrogens is 251 g/mol. The van der Waals surface area contributed by atoms with Crippen LogP contribution >= 0.6 is 21.0 Å². The Morgan fingerprint density at radius 1 is 1.45 bits per heavy atom. The van der Waals surface area contributed by atoms with Gasteiger partial charge in [0.2, 0.25) is 0 Å². The molecule has 1 aliphatic rings. The fourth-order valence-corrected chi connectivity index (χ4v) is 3.17. The van der Waals surface area contributed by atoms with Crippen LogP contribution in [0.2, 0.25) is 0 Å². The van der Waals surface area contributed by atoms with Crippen molar-refractivity contribution in [2.24, 2.45) is 0 Å². The zero-order valence-corrected chi connectivity index (χ0v) is 9.71. The van der Waals surface area contributed by atoms with Crippen molar-refractivity contribution in [3.8, 4) is 0 Å². The molecule has 0 aromatic rings. The van der Waals surface area contributed by atoms with Crippen LogP contribution in [-0.4, -0.2) is 25.7 Å². The van der Waals surface area contributed by atoms with Gasteiger partial charge in [0.25, 0.3) is 0 Å². The molecule has 11 heavy (non-hydrogen) atoms. The second-order valence-corrected chi connectivity index (χ2v) is 5.85. The van der Waals surface area contributed by atoms with E-state index < -0.39 is 0 Å². The summed E-state index contributed by atoms with van der Waals surface area (Å²) in [4.78, 5) is 2.28. The lowest BCUT2D eigenvalue weighted by Gasteiger charge is -2.27. The van der Waals surface area contributed by atoms with Gasteiger partial charge in [-0.2, -0.15) is 0 Å². The molecule has 0 bridgehead atoms. The van der Waals surface area contributed by atoms with Crippen molar-refractivity contribution in [3.63, 3.8) is 0 Å². The lowest BCUT2D eigenvalue weighted by atomic mass is 10.4. The molecule has 1 heterocycles. The van der Waals surface area contributed by atoms with Gasteiger partial charge in [0.05, 0.1) is 3.63 Å². The highest BCUT2D eigenvalue weighted by Gasteiger charge is 2.09. The molecule has 64 valence electrons. The summed E-state index contributed by atoms with van der Waals surface area (Å²) in [6.07, 6.45) is 3.40. The van der Waals surface area contributed by atoms with Gasteiger partial charge in [0.15, 0.2) is 0 Å². The first-order valence-electron chi connectivity index (χ1n) is 3.81. The van der Waals surface area contributed by atoms with Gasteiger partial charge in [0.1, 0.15) is 0 Å². The zero-order valence-electron chi connectivity index (χ0n) is 7.56. The highest BCUT2D eigenvalue weighted by molar-refractivity contribution is 14.2. The average molecular weight is 266 g/mol. The van der Waals surface area contributed by atoms with Crippen LogP contribution in [0.3, 0.4) is 0 Å². The van der Waals surface area contributed by atoms with E-state index in [9.17, 15) is 0 Å². The number of nitrogens with zero attached hydrogens (tertiary/aromatic N) is 2. The van der Waals surface area contributed by atoms with Gasteiger partial charge >= 0.3 is 0 Å². The van der Waals surface area contributed by atoms with Crippen molar-refractivity contribution in [1.82, 2.24) is 8.01 Å². The van der Waals surface area contributed by atoms with Gasteiger partial charge < -0.3 is 8.01 Å². The molecule has 0 atom stereocenters. The number of hydrogen-bond acceptors (Lipinski definition) is 2. The lowest BCUT2D eigenvalue weighted by molar-refractivity contribution is 0.633. The largest absolute Gasteiger partial charge is 0.347 e. The van der Waals surface area contributed by atoms with Crippen molar-refractivity contribution in [3.05, 3.63) is 11.9 Å². The highest BCUT2D eigenvalue weighted by atomic mass is 127. The quantitative estimate of drug-likeness (QED) is 0.530. The van der Waals surface area contributed by atoms with Crippen molar-refractivity contribution in [2.45, 2.75) is 20.3 Å². The number of hydrogen-bond donors (Lipinski definition) is 0. The summed E-state index contributed by atoms with van der Waals surface area (Å²) < 4.78 is 3.98. The van der Waals surface area contributed by atoms with Gasteiger partial charge in [-0.25, -0.2) is 0 Å². The first kappa shape index (κ1) is 9.03. The fraction of sp³-hybridized carbons (Fsp3) is 0.625. The summed E-state index contributed by atoms with van der Waals surface area (Å²) in [5.41, 5.74) is 1.39. The molecule has 0 unspecified atom stereocenters. The molecule has 0 fully saturated rings. The van der Waals surface area contributed by atoms with E-state index in [1.54, 1.807) is 3.63 Å². The van der Waals surface area contributed by atoms with Crippen LogP contribution in [0.5, 0.6) is 0 Å². The minimum absolute atomic E-state index is 0.113. The number of rotatable bonds is 1. The van der Waals surface area contributed by atoms with E-state index in [2.05, 4.69) is 42.2 Å².